The van der Waals surface area contributed by atoms with Crippen molar-refractivity contribution in [2.24, 2.45) is 0 Å². The molecule has 0 amide bonds. The zero-order valence-electron chi connectivity index (χ0n) is 9.76. The van der Waals surface area contributed by atoms with Gasteiger partial charge in [-0.3, -0.25) is 4.79 Å². The first-order valence-electron chi connectivity index (χ1n) is 5.03. The van der Waals surface area contributed by atoms with Crippen molar-refractivity contribution >= 4 is 17.9 Å². The number of methoxy groups -OCH3 is 1. The summed E-state index contributed by atoms with van der Waals surface area (Å²) in [5, 5.41) is 10.4. The van der Waals surface area contributed by atoms with E-state index in [0.717, 1.165) is 0 Å². The fraction of sp³-hybridized carbons (Fsp3) is 0.700. The molecule has 7 nitrogen and oxygen atoms in total. The standard InChI is InChI=1S/C10H16O7/c1-3-16-9(13)5-7(4-8(11)12)17-10(14)6-15-2/h7H,3-6H2,1-2H3,(H,11,12)/p-1/t7-/m1/s1. The molecule has 0 aromatic heterocycles. The minimum Gasteiger partial charge on any atom is -0.550 e. The highest BCUT2D eigenvalue weighted by Gasteiger charge is 2.19. The molecule has 0 bridgehead atoms. The number of carbonyl (C=O) groups is 3. The Morgan fingerprint density at radius 1 is 1.18 bits per heavy atom. The third kappa shape index (κ3) is 8.21. The molecule has 98 valence electrons. The summed E-state index contributed by atoms with van der Waals surface area (Å²) < 4.78 is 13.9. The fourth-order valence-corrected chi connectivity index (χ4v) is 1.08. The van der Waals surface area contributed by atoms with E-state index >= 15 is 0 Å². The van der Waals surface area contributed by atoms with Crippen LogP contribution in [0.4, 0.5) is 0 Å². The average molecular weight is 247 g/mol. The van der Waals surface area contributed by atoms with E-state index in [1.807, 2.05) is 0 Å². The van der Waals surface area contributed by atoms with Gasteiger partial charge in [0.15, 0.2) is 0 Å². The largest absolute Gasteiger partial charge is 0.550 e. The lowest BCUT2D eigenvalue weighted by atomic mass is 10.2. The Bertz CT molecular complexity index is 254. The summed E-state index contributed by atoms with van der Waals surface area (Å²) in [6.07, 6.45) is -1.98. The third-order valence-electron chi connectivity index (χ3n) is 1.65. The molecule has 0 aromatic carbocycles. The summed E-state index contributed by atoms with van der Waals surface area (Å²) in [5.74, 6) is -2.79. The number of rotatable bonds is 8. The first-order chi connectivity index (χ1) is 7.99. The zero-order chi connectivity index (χ0) is 13.3. The summed E-state index contributed by atoms with van der Waals surface area (Å²) in [4.78, 5) is 32.6. The van der Waals surface area contributed by atoms with Crippen LogP contribution in [-0.2, 0) is 28.6 Å². The highest BCUT2D eigenvalue weighted by Crippen LogP contribution is 2.06. The van der Waals surface area contributed by atoms with E-state index in [1.54, 1.807) is 6.92 Å². The topological polar surface area (TPSA) is 102 Å². The summed E-state index contributed by atoms with van der Waals surface area (Å²) in [7, 11) is 1.29. The molecule has 1 atom stereocenters. The first kappa shape index (κ1) is 15.4. The van der Waals surface area contributed by atoms with Gasteiger partial charge in [0.2, 0.25) is 0 Å². The van der Waals surface area contributed by atoms with Gasteiger partial charge in [0.05, 0.1) is 13.0 Å². The van der Waals surface area contributed by atoms with E-state index in [1.165, 1.54) is 7.11 Å². The second-order valence-corrected chi connectivity index (χ2v) is 3.13. The smallest absolute Gasteiger partial charge is 0.332 e. The molecule has 0 unspecified atom stereocenters. The predicted molar refractivity (Wildman–Crippen MR) is 52.6 cm³/mol. The van der Waals surface area contributed by atoms with Gasteiger partial charge in [-0.15, -0.1) is 0 Å². The van der Waals surface area contributed by atoms with Gasteiger partial charge in [0.1, 0.15) is 12.7 Å². The number of hydrogen-bond donors (Lipinski definition) is 0. The molecular formula is C10H15O7-. The number of carboxylic acids is 1. The molecule has 0 fully saturated rings. The SMILES string of the molecule is CCOC(=O)C[C@@H](CC(=O)[O-])OC(=O)COC. The number of carboxylic acid groups (broad SMARTS) is 1. The Balaban J connectivity index is 4.27. The molecule has 0 spiro atoms. The molecule has 0 saturated heterocycles. The highest BCUT2D eigenvalue weighted by molar-refractivity contribution is 5.75. The maximum absolute atomic E-state index is 11.1. The van der Waals surface area contributed by atoms with Crippen LogP contribution in [0.1, 0.15) is 19.8 Å². The molecule has 0 N–H and O–H groups in total. The lowest BCUT2D eigenvalue weighted by Gasteiger charge is -2.17. The molecule has 7 heteroatoms. The van der Waals surface area contributed by atoms with E-state index < -0.39 is 30.4 Å². The van der Waals surface area contributed by atoms with Crippen LogP contribution < -0.4 is 5.11 Å². The molecule has 0 aliphatic heterocycles. The number of hydrogen-bond acceptors (Lipinski definition) is 7. The van der Waals surface area contributed by atoms with E-state index in [0.29, 0.717) is 0 Å². The van der Waals surface area contributed by atoms with Crippen molar-refractivity contribution in [2.45, 2.75) is 25.9 Å². The summed E-state index contributed by atoms with van der Waals surface area (Å²) >= 11 is 0. The maximum atomic E-state index is 11.1. The lowest BCUT2D eigenvalue weighted by molar-refractivity contribution is -0.307. The third-order valence-corrected chi connectivity index (χ3v) is 1.65. The molecule has 17 heavy (non-hydrogen) atoms. The molecule has 0 aliphatic carbocycles. The highest BCUT2D eigenvalue weighted by atomic mass is 16.6. The van der Waals surface area contributed by atoms with Crippen LogP contribution in [0, 0.1) is 0 Å². The Kier molecular flexibility index (Phi) is 7.70. The van der Waals surface area contributed by atoms with E-state index in [4.69, 9.17) is 4.74 Å². The lowest BCUT2D eigenvalue weighted by Crippen LogP contribution is -2.32. The van der Waals surface area contributed by atoms with E-state index in [9.17, 15) is 19.5 Å². The molecule has 0 heterocycles. The van der Waals surface area contributed by atoms with Crippen LogP contribution in [0.5, 0.6) is 0 Å². The van der Waals surface area contributed by atoms with Gasteiger partial charge in [0, 0.05) is 19.5 Å². The molecule has 0 radical (unpaired) electrons. The Labute approximate surface area is 98.6 Å². The van der Waals surface area contributed by atoms with Crippen LogP contribution in [-0.4, -0.2) is 44.3 Å². The first-order valence-corrected chi connectivity index (χ1v) is 5.03. The van der Waals surface area contributed by atoms with Gasteiger partial charge in [-0.1, -0.05) is 0 Å². The van der Waals surface area contributed by atoms with Gasteiger partial charge in [-0.25, -0.2) is 4.79 Å². The molecule has 0 rings (SSSR count). The van der Waals surface area contributed by atoms with Gasteiger partial charge in [-0.2, -0.15) is 0 Å². The molecule has 0 saturated carbocycles. The van der Waals surface area contributed by atoms with Gasteiger partial charge in [-0.05, 0) is 6.92 Å². The van der Waals surface area contributed by atoms with Crippen LogP contribution in [0.25, 0.3) is 0 Å². The predicted octanol–water partition coefficient (Wildman–Crippen LogP) is -1.36. The second kappa shape index (κ2) is 8.51. The van der Waals surface area contributed by atoms with Gasteiger partial charge < -0.3 is 24.1 Å². The maximum Gasteiger partial charge on any atom is 0.332 e. The van der Waals surface area contributed by atoms with E-state index in [-0.39, 0.29) is 19.6 Å². The van der Waals surface area contributed by atoms with Crippen LogP contribution in [0.15, 0.2) is 0 Å². The minimum absolute atomic E-state index is 0.170. The number of aliphatic carboxylic acids is 1. The Morgan fingerprint density at radius 3 is 2.29 bits per heavy atom. The number of esters is 2. The molecular weight excluding hydrogens is 232 g/mol. The van der Waals surface area contributed by atoms with Gasteiger partial charge >= 0.3 is 11.9 Å². The normalized spacial score (nSPS) is 11.6. The second-order valence-electron chi connectivity index (χ2n) is 3.13. The van der Waals surface area contributed by atoms with Crippen LogP contribution >= 0.6 is 0 Å². The summed E-state index contributed by atoms with van der Waals surface area (Å²) in [5.41, 5.74) is 0. The van der Waals surface area contributed by atoms with Crippen molar-refractivity contribution in [3.05, 3.63) is 0 Å². The van der Waals surface area contributed by atoms with Crippen molar-refractivity contribution in [1.82, 2.24) is 0 Å². The monoisotopic (exact) mass is 247 g/mol. The molecule has 0 aromatic rings. The van der Waals surface area contributed by atoms with Crippen molar-refractivity contribution < 1.29 is 33.7 Å². The summed E-state index contributed by atoms with van der Waals surface area (Å²) in [6, 6.07) is 0. The minimum atomic E-state index is -1.41. The zero-order valence-corrected chi connectivity index (χ0v) is 9.76. The van der Waals surface area contributed by atoms with Gasteiger partial charge in [0.25, 0.3) is 0 Å². The number of carbonyl (C=O) groups excluding carboxylic acids is 3. The fourth-order valence-electron chi connectivity index (χ4n) is 1.08. The van der Waals surface area contributed by atoms with Crippen LogP contribution in [0.3, 0.4) is 0 Å². The van der Waals surface area contributed by atoms with Crippen molar-refractivity contribution in [2.75, 3.05) is 20.3 Å². The van der Waals surface area contributed by atoms with Crippen molar-refractivity contribution in [1.29, 1.82) is 0 Å². The Morgan fingerprint density at radius 2 is 1.82 bits per heavy atom. The number of ether oxygens (including phenoxy) is 3. The Hall–Kier alpha value is -1.63. The van der Waals surface area contributed by atoms with Crippen LogP contribution in [0.2, 0.25) is 0 Å². The summed E-state index contributed by atoms with van der Waals surface area (Å²) in [6.45, 7) is 1.47. The van der Waals surface area contributed by atoms with E-state index in [2.05, 4.69) is 9.47 Å². The average Bonchev–Trinajstić information content (AvgIpc) is 2.16. The molecule has 0 aliphatic rings. The van der Waals surface area contributed by atoms with Crippen molar-refractivity contribution in [3.8, 4) is 0 Å². The quantitative estimate of drug-likeness (QED) is 0.488. The van der Waals surface area contributed by atoms with Crippen molar-refractivity contribution in [3.63, 3.8) is 0 Å².